The summed E-state index contributed by atoms with van der Waals surface area (Å²) in [6.45, 7) is 3.34. The van der Waals surface area contributed by atoms with Crippen molar-refractivity contribution in [1.82, 2.24) is 15.3 Å². The van der Waals surface area contributed by atoms with Crippen molar-refractivity contribution in [2.24, 2.45) is 0 Å². The molecule has 0 spiro atoms. The number of carbonyl (C=O) groups is 1. The van der Waals surface area contributed by atoms with Gasteiger partial charge in [0, 0.05) is 11.4 Å². The molecule has 0 saturated carbocycles. The second-order valence-electron chi connectivity index (χ2n) is 6.04. The maximum Gasteiger partial charge on any atom is 0.211 e. The lowest BCUT2D eigenvalue weighted by Gasteiger charge is -2.20. The number of amides is 1. The molecule has 0 fully saturated rings. The van der Waals surface area contributed by atoms with Crippen molar-refractivity contribution < 1.29 is 4.79 Å². The fourth-order valence-electron chi connectivity index (χ4n) is 2.59. The molecule has 8 nitrogen and oxygen atoms in total. The van der Waals surface area contributed by atoms with Crippen molar-refractivity contribution in [3.8, 4) is 6.07 Å². The molecule has 1 heterocycles. The molecule has 0 radical (unpaired) electrons. The van der Waals surface area contributed by atoms with Crippen LogP contribution in [0.5, 0.6) is 0 Å². The highest BCUT2D eigenvalue weighted by Crippen LogP contribution is 2.24. The molecule has 0 saturated heterocycles. The van der Waals surface area contributed by atoms with Crippen LogP contribution in [-0.4, -0.2) is 28.1 Å². The summed E-state index contributed by atoms with van der Waals surface area (Å²) in [5, 5.41) is 23.3. The summed E-state index contributed by atoms with van der Waals surface area (Å²) in [5.41, 5.74) is 7.75. The lowest BCUT2D eigenvalue weighted by atomic mass is 10.1. The molecular formula is C20H20ClN7O. The van der Waals surface area contributed by atoms with Crippen molar-refractivity contribution in [3.63, 3.8) is 0 Å². The molecule has 148 valence electrons. The Labute approximate surface area is 173 Å². The second kappa shape index (κ2) is 10.0. The Morgan fingerprint density at radius 1 is 1.34 bits per heavy atom. The van der Waals surface area contributed by atoms with Crippen LogP contribution in [0, 0.1) is 16.7 Å². The highest BCUT2D eigenvalue weighted by molar-refractivity contribution is 6.35. The van der Waals surface area contributed by atoms with Crippen molar-refractivity contribution in [3.05, 3.63) is 64.6 Å². The zero-order valence-corrected chi connectivity index (χ0v) is 16.7. The highest BCUT2D eigenvalue weighted by atomic mass is 35.5. The SMILES string of the molecule is CC(=N)c1c(N)ncnc1NC(C)/C(=C/C(Cl)=C(/C#N)c1ccccc1)NC=O. The minimum Gasteiger partial charge on any atom is -0.383 e. The van der Waals surface area contributed by atoms with E-state index in [9.17, 15) is 10.1 Å². The zero-order valence-electron chi connectivity index (χ0n) is 15.9. The van der Waals surface area contributed by atoms with Crippen molar-refractivity contribution in [2.45, 2.75) is 19.9 Å². The van der Waals surface area contributed by atoms with Crippen molar-refractivity contribution >= 4 is 40.9 Å². The van der Waals surface area contributed by atoms with Gasteiger partial charge >= 0.3 is 0 Å². The van der Waals surface area contributed by atoms with Crippen LogP contribution < -0.4 is 16.4 Å². The normalized spacial score (nSPS) is 13.0. The molecule has 9 heteroatoms. The fraction of sp³-hybridized carbons (Fsp3) is 0.150. The quantitative estimate of drug-likeness (QED) is 0.228. The summed E-state index contributed by atoms with van der Waals surface area (Å²) < 4.78 is 0. The Bertz CT molecular complexity index is 1010. The van der Waals surface area contributed by atoms with Gasteiger partial charge in [-0.3, -0.25) is 4.79 Å². The van der Waals surface area contributed by atoms with Crippen LogP contribution >= 0.6 is 11.6 Å². The number of hydrogen-bond acceptors (Lipinski definition) is 7. The van der Waals surface area contributed by atoms with E-state index in [1.807, 2.05) is 6.07 Å². The molecule has 1 aromatic carbocycles. The van der Waals surface area contributed by atoms with Crippen LogP contribution in [0.1, 0.15) is 25.0 Å². The predicted molar refractivity (Wildman–Crippen MR) is 114 cm³/mol. The van der Waals surface area contributed by atoms with E-state index in [0.29, 0.717) is 29.1 Å². The monoisotopic (exact) mass is 409 g/mol. The fourth-order valence-corrected chi connectivity index (χ4v) is 2.86. The number of rotatable bonds is 8. The molecule has 0 aliphatic rings. The number of nitrogens with two attached hydrogens (primary N) is 1. The number of hydrogen-bond donors (Lipinski definition) is 4. The third-order valence-corrected chi connectivity index (χ3v) is 4.29. The minimum absolute atomic E-state index is 0.169. The van der Waals surface area contributed by atoms with E-state index in [2.05, 4.69) is 26.7 Å². The number of nitriles is 1. The first-order valence-electron chi connectivity index (χ1n) is 8.58. The number of nitrogens with zero attached hydrogens (tertiary/aromatic N) is 3. The summed E-state index contributed by atoms with van der Waals surface area (Å²) in [7, 11) is 0. The van der Waals surface area contributed by atoms with E-state index >= 15 is 0 Å². The van der Waals surface area contributed by atoms with E-state index in [1.54, 1.807) is 38.1 Å². The lowest BCUT2D eigenvalue weighted by molar-refractivity contribution is -0.109. The zero-order chi connectivity index (χ0) is 21.4. The van der Waals surface area contributed by atoms with Gasteiger partial charge in [-0.2, -0.15) is 5.26 Å². The van der Waals surface area contributed by atoms with Crippen LogP contribution in [-0.2, 0) is 4.79 Å². The molecule has 1 aromatic heterocycles. The number of nitrogen functional groups attached to an aromatic ring is 1. The van der Waals surface area contributed by atoms with Gasteiger partial charge in [-0.05, 0) is 25.5 Å². The van der Waals surface area contributed by atoms with Gasteiger partial charge in [0.05, 0.1) is 22.2 Å². The number of benzene rings is 1. The largest absolute Gasteiger partial charge is 0.383 e. The Balaban J connectivity index is 2.42. The number of nitrogens with one attached hydrogen (secondary N) is 3. The first-order chi connectivity index (χ1) is 13.9. The van der Waals surface area contributed by atoms with E-state index in [-0.39, 0.29) is 22.1 Å². The molecule has 0 aliphatic heterocycles. The number of anilines is 2. The van der Waals surface area contributed by atoms with Crippen molar-refractivity contribution in [1.29, 1.82) is 10.7 Å². The number of allylic oxidation sites excluding steroid dienone is 3. The molecule has 1 atom stereocenters. The predicted octanol–water partition coefficient (Wildman–Crippen LogP) is 3.05. The minimum atomic E-state index is -0.475. The van der Waals surface area contributed by atoms with Gasteiger partial charge in [-0.1, -0.05) is 41.9 Å². The Kier molecular flexibility index (Phi) is 7.46. The van der Waals surface area contributed by atoms with Gasteiger partial charge in [0.15, 0.2) is 0 Å². The van der Waals surface area contributed by atoms with Gasteiger partial charge in [-0.15, -0.1) is 0 Å². The third-order valence-electron chi connectivity index (χ3n) is 3.99. The summed E-state index contributed by atoms with van der Waals surface area (Å²) in [4.78, 5) is 19.1. The molecule has 1 amide bonds. The molecule has 0 bridgehead atoms. The Hall–Kier alpha value is -3.70. The summed E-state index contributed by atoms with van der Waals surface area (Å²) >= 11 is 6.38. The van der Waals surface area contributed by atoms with Gasteiger partial charge in [0.2, 0.25) is 6.41 Å². The summed E-state index contributed by atoms with van der Waals surface area (Å²) in [6.07, 6.45) is 3.30. The number of halogens is 1. The third kappa shape index (κ3) is 5.40. The van der Waals surface area contributed by atoms with Gasteiger partial charge in [0.25, 0.3) is 0 Å². The molecule has 2 aromatic rings. The first-order valence-corrected chi connectivity index (χ1v) is 8.96. The van der Waals surface area contributed by atoms with E-state index in [1.165, 1.54) is 12.4 Å². The van der Waals surface area contributed by atoms with Crippen LogP contribution in [0.15, 0.2) is 53.5 Å². The Morgan fingerprint density at radius 3 is 2.62 bits per heavy atom. The van der Waals surface area contributed by atoms with E-state index in [4.69, 9.17) is 22.7 Å². The Morgan fingerprint density at radius 2 is 2.03 bits per heavy atom. The van der Waals surface area contributed by atoms with E-state index < -0.39 is 6.04 Å². The van der Waals surface area contributed by atoms with E-state index in [0.717, 1.165) is 0 Å². The van der Waals surface area contributed by atoms with Gasteiger partial charge in [-0.25, -0.2) is 9.97 Å². The number of carbonyl (C=O) groups excluding carboxylic acids is 1. The number of aromatic nitrogens is 2. The average molecular weight is 410 g/mol. The van der Waals surface area contributed by atoms with Crippen LogP contribution in [0.25, 0.3) is 5.57 Å². The smallest absolute Gasteiger partial charge is 0.211 e. The van der Waals surface area contributed by atoms with Crippen LogP contribution in [0.3, 0.4) is 0 Å². The highest BCUT2D eigenvalue weighted by Gasteiger charge is 2.17. The summed E-state index contributed by atoms with van der Waals surface area (Å²) in [6, 6.07) is 10.6. The molecular weight excluding hydrogens is 390 g/mol. The second-order valence-corrected chi connectivity index (χ2v) is 6.44. The molecule has 5 N–H and O–H groups in total. The average Bonchev–Trinajstić information content (AvgIpc) is 2.68. The van der Waals surface area contributed by atoms with Gasteiger partial charge < -0.3 is 21.8 Å². The standard InChI is InChI=1S/C20H20ClN7O/c1-12(23)18-19(24)25-10-26-20(18)28-13(2)17(27-11-29)8-16(21)15(9-22)14-6-4-3-5-7-14/h3-8,10-11,13,23H,1-2H3,(H,27,29)(H3,24,25,26,28)/b16-15+,17-8-,23-12?. The topological polar surface area (TPSA) is 141 Å². The first kappa shape index (κ1) is 21.6. The maximum absolute atomic E-state index is 11.1. The molecule has 0 aliphatic carbocycles. The molecule has 2 rings (SSSR count). The summed E-state index contributed by atoms with van der Waals surface area (Å²) in [5.74, 6) is 0.518. The van der Waals surface area contributed by atoms with Gasteiger partial charge in [0.1, 0.15) is 24.0 Å². The molecule has 29 heavy (non-hydrogen) atoms. The molecule has 1 unspecified atom stereocenters. The van der Waals surface area contributed by atoms with Crippen LogP contribution in [0.2, 0.25) is 0 Å². The maximum atomic E-state index is 11.1. The van der Waals surface area contributed by atoms with Crippen LogP contribution in [0.4, 0.5) is 11.6 Å². The lowest BCUT2D eigenvalue weighted by Crippen LogP contribution is -2.29. The van der Waals surface area contributed by atoms with Crippen molar-refractivity contribution in [2.75, 3.05) is 11.1 Å².